The molecule has 0 saturated carbocycles. The molecule has 0 aliphatic carbocycles. The van der Waals surface area contributed by atoms with Crippen molar-refractivity contribution in [2.24, 2.45) is 0 Å². The molecule has 8 heteroatoms. The summed E-state index contributed by atoms with van der Waals surface area (Å²) in [5, 5.41) is 12.2. The summed E-state index contributed by atoms with van der Waals surface area (Å²) in [6.07, 6.45) is 0. The number of Topliss-reactive ketones (excluding diaryl/α,β-unsaturated/α-hetero) is 1. The fourth-order valence-electron chi connectivity index (χ4n) is 4.80. The van der Waals surface area contributed by atoms with Gasteiger partial charge in [0.05, 0.1) is 11.6 Å². The van der Waals surface area contributed by atoms with Crippen LogP contribution in [-0.2, 0) is 16.2 Å². The number of ketones is 1. The molecule has 0 aromatic heterocycles. The summed E-state index contributed by atoms with van der Waals surface area (Å²) in [6, 6.07) is 19.1. The lowest BCUT2D eigenvalue weighted by molar-refractivity contribution is -0.140. The number of aryl methyl sites for hydroxylation is 1. The first-order valence-electron chi connectivity index (χ1n) is 13.0. The quantitative estimate of drug-likeness (QED) is 0.169. The minimum Gasteiger partial charge on any atom is -0.507 e. The number of amides is 1. The first kappa shape index (κ1) is 28.7. The third kappa shape index (κ3) is 6.30. The van der Waals surface area contributed by atoms with Gasteiger partial charge in [-0.1, -0.05) is 73.4 Å². The van der Waals surface area contributed by atoms with E-state index in [0.717, 1.165) is 24.2 Å². The van der Waals surface area contributed by atoms with Crippen molar-refractivity contribution in [2.75, 3.05) is 26.2 Å². The Hall–Kier alpha value is -3.32. The number of hydrogen-bond donors (Lipinski definition) is 1. The Kier molecular flexibility index (Phi) is 9.33. The van der Waals surface area contributed by atoms with Crippen LogP contribution in [0, 0.1) is 6.92 Å². The average molecular weight is 568 g/mol. The van der Waals surface area contributed by atoms with E-state index in [1.165, 1.54) is 4.90 Å². The van der Waals surface area contributed by atoms with Gasteiger partial charge in [0, 0.05) is 28.7 Å². The summed E-state index contributed by atoms with van der Waals surface area (Å²) >= 11 is 12.7. The normalized spacial score (nSPS) is 16.8. The SMILES string of the molecule is CCN(CC)CCN1C(=O)C(=O)C(=C(O)c2ccc(OCc3ccccc3)c(C)c2)[C@@H]1c1ccc(Cl)cc1Cl. The molecular formula is C31H32Cl2N2O4. The minimum atomic E-state index is -0.848. The summed E-state index contributed by atoms with van der Waals surface area (Å²) in [5.74, 6) is -1.01. The van der Waals surface area contributed by atoms with Crippen LogP contribution in [0.2, 0.25) is 10.0 Å². The van der Waals surface area contributed by atoms with Crippen LogP contribution >= 0.6 is 23.2 Å². The van der Waals surface area contributed by atoms with Gasteiger partial charge in [-0.25, -0.2) is 0 Å². The zero-order valence-corrected chi connectivity index (χ0v) is 23.8. The number of hydrogen-bond acceptors (Lipinski definition) is 5. The molecule has 1 N–H and O–H groups in total. The van der Waals surface area contributed by atoms with E-state index in [1.54, 1.807) is 36.4 Å². The summed E-state index contributed by atoms with van der Waals surface area (Å²) in [7, 11) is 0. The predicted molar refractivity (Wildman–Crippen MR) is 155 cm³/mol. The zero-order valence-electron chi connectivity index (χ0n) is 22.3. The van der Waals surface area contributed by atoms with E-state index in [2.05, 4.69) is 4.90 Å². The van der Waals surface area contributed by atoms with Crippen LogP contribution in [0.15, 0.2) is 72.3 Å². The fraction of sp³-hybridized carbons (Fsp3) is 0.290. The highest BCUT2D eigenvalue weighted by Gasteiger charge is 2.46. The number of benzene rings is 3. The fourth-order valence-corrected chi connectivity index (χ4v) is 5.31. The first-order valence-corrected chi connectivity index (χ1v) is 13.7. The lowest BCUT2D eigenvalue weighted by Gasteiger charge is -2.28. The van der Waals surface area contributed by atoms with E-state index in [-0.39, 0.29) is 11.3 Å². The second kappa shape index (κ2) is 12.7. The molecule has 1 aliphatic rings. The maximum Gasteiger partial charge on any atom is 0.295 e. The van der Waals surface area contributed by atoms with E-state index in [0.29, 0.717) is 46.6 Å². The molecule has 4 rings (SSSR count). The van der Waals surface area contributed by atoms with Crippen molar-refractivity contribution < 1.29 is 19.4 Å². The van der Waals surface area contributed by atoms with Gasteiger partial charge >= 0.3 is 0 Å². The van der Waals surface area contributed by atoms with Crippen molar-refractivity contribution in [2.45, 2.75) is 33.4 Å². The molecule has 1 atom stereocenters. The standard InChI is InChI=1S/C31H32Cl2N2O4/c1-4-34(5-2)15-16-35-28(24-13-12-23(32)18-25(24)33)27(30(37)31(35)38)29(36)22-11-14-26(20(3)17-22)39-19-21-9-7-6-8-10-21/h6-14,17-18,28,36H,4-5,15-16,19H2,1-3H3/t28-/m0/s1. The number of carbonyl (C=O) groups excluding carboxylic acids is 2. The summed E-state index contributed by atoms with van der Waals surface area (Å²) in [5.41, 5.74) is 2.76. The summed E-state index contributed by atoms with van der Waals surface area (Å²) < 4.78 is 5.97. The molecule has 39 heavy (non-hydrogen) atoms. The van der Waals surface area contributed by atoms with Crippen molar-refractivity contribution >= 4 is 40.7 Å². The van der Waals surface area contributed by atoms with E-state index < -0.39 is 17.7 Å². The molecule has 3 aromatic rings. The van der Waals surface area contributed by atoms with Crippen LogP contribution in [0.4, 0.5) is 0 Å². The molecule has 1 fully saturated rings. The highest BCUT2D eigenvalue weighted by molar-refractivity contribution is 6.47. The lowest BCUT2D eigenvalue weighted by atomic mass is 9.94. The Morgan fingerprint density at radius 3 is 2.36 bits per heavy atom. The first-order chi connectivity index (χ1) is 18.7. The predicted octanol–water partition coefficient (Wildman–Crippen LogP) is 6.64. The van der Waals surface area contributed by atoms with E-state index in [1.807, 2.05) is 51.1 Å². The number of aliphatic hydroxyl groups excluding tert-OH is 1. The number of halogens is 2. The molecule has 1 heterocycles. The largest absolute Gasteiger partial charge is 0.507 e. The Bertz CT molecular complexity index is 1390. The highest BCUT2D eigenvalue weighted by Crippen LogP contribution is 2.42. The molecule has 1 saturated heterocycles. The van der Waals surface area contributed by atoms with Crippen LogP contribution in [0.1, 0.15) is 42.1 Å². The molecule has 0 bridgehead atoms. The molecule has 0 unspecified atom stereocenters. The van der Waals surface area contributed by atoms with Crippen LogP contribution in [0.5, 0.6) is 5.75 Å². The number of rotatable bonds is 10. The maximum atomic E-state index is 13.4. The van der Waals surface area contributed by atoms with Crippen LogP contribution in [-0.4, -0.2) is 52.8 Å². The molecule has 6 nitrogen and oxygen atoms in total. The molecule has 3 aromatic carbocycles. The molecule has 1 aliphatic heterocycles. The Morgan fingerprint density at radius 1 is 1.00 bits per heavy atom. The van der Waals surface area contributed by atoms with Gasteiger partial charge in [-0.2, -0.15) is 0 Å². The molecule has 1 amide bonds. The third-order valence-corrected chi connectivity index (χ3v) is 7.60. The van der Waals surface area contributed by atoms with Crippen LogP contribution < -0.4 is 4.74 Å². The third-order valence-electron chi connectivity index (χ3n) is 7.03. The van der Waals surface area contributed by atoms with Gasteiger partial charge in [0.15, 0.2) is 0 Å². The second-order valence-corrected chi connectivity index (χ2v) is 10.3. The average Bonchev–Trinajstić information content (AvgIpc) is 3.18. The highest BCUT2D eigenvalue weighted by atomic mass is 35.5. The number of aliphatic hydroxyl groups is 1. The second-order valence-electron chi connectivity index (χ2n) is 9.44. The van der Waals surface area contributed by atoms with Crippen molar-refractivity contribution in [3.8, 4) is 5.75 Å². The van der Waals surface area contributed by atoms with Crippen molar-refractivity contribution in [1.29, 1.82) is 0 Å². The Balaban J connectivity index is 1.72. The van der Waals surface area contributed by atoms with Crippen molar-refractivity contribution in [3.63, 3.8) is 0 Å². The Morgan fingerprint density at radius 2 is 1.72 bits per heavy atom. The number of nitrogens with zero attached hydrogens (tertiary/aromatic N) is 2. The maximum absolute atomic E-state index is 13.4. The van der Waals surface area contributed by atoms with E-state index in [9.17, 15) is 14.7 Å². The van der Waals surface area contributed by atoms with Crippen LogP contribution in [0.3, 0.4) is 0 Å². The van der Waals surface area contributed by atoms with Crippen LogP contribution in [0.25, 0.3) is 5.76 Å². The van der Waals surface area contributed by atoms with Gasteiger partial charge in [0.1, 0.15) is 18.1 Å². The lowest BCUT2D eigenvalue weighted by Crippen LogP contribution is -2.38. The minimum absolute atomic E-state index is 0.00104. The number of likely N-dealkylation sites (N-methyl/N-ethyl adjacent to an activating group) is 1. The Labute approximate surface area is 239 Å². The van der Waals surface area contributed by atoms with Crippen molar-refractivity contribution in [1.82, 2.24) is 9.80 Å². The van der Waals surface area contributed by atoms with Gasteiger partial charge in [-0.05, 0) is 67.0 Å². The van der Waals surface area contributed by atoms with E-state index >= 15 is 0 Å². The van der Waals surface area contributed by atoms with Gasteiger partial charge < -0.3 is 19.6 Å². The molecule has 204 valence electrons. The molecule has 0 radical (unpaired) electrons. The van der Waals surface area contributed by atoms with Crippen molar-refractivity contribution in [3.05, 3.63) is 105 Å². The number of ether oxygens (including phenoxy) is 1. The number of likely N-dealkylation sites (tertiary alicyclic amines) is 1. The van der Waals surface area contributed by atoms with E-state index in [4.69, 9.17) is 27.9 Å². The molecule has 0 spiro atoms. The summed E-state index contributed by atoms with van der Waals surface area (Å²) in [4.78, 5) is 30.3. The monoisotopic (exact) mass is 566 g/mol. The topological polar surface area (TPSA) is 70.1 Å². The van der Waals surface area contributed by atoms with Gasteiger partial charge in [0.25, 0.3) is 11.7 Å². The molecular weight excluding hydrogens is 535 g/mol. The van der Waals surface area contributed by atoms with Gasteiger partial charge in [-0.3, -0.25) is 9.59 Å². The van der Waals surface area contributed by atoms with Gasteiger partial charge in [-0.15, -0.1) is 0 Å². The zero-order chi connectivity index (χ0) is 28.1. The smallest absolute Gasteiger partial charge is 0.295 e. The van der Waals surface area contributed by atoms with Gasteiger partial charge in [0.2, 0.25) is 0 Å². The number of carbonyl (C=O) groups is 2. The summed E-state index contributed by atoms with van der Waals surface area (Å²) in [6.45, 7) is 8.86.